The second-order valence-electron chi connectivity index (χ2n) is 3.98. The number of nitrogens with two attached hydrogens (primary N) is 1. The number of hydrogen-bond donors (Lipinski definition) is 2. The van der Waals surface area contributed by atoms with E-state index in [1.807, 2.05) is 59.4 Å². The monoisotopic (exact) mass is 223 g/mol. The predicted octanol–water partition coefficient (Wildman–Crippen LogP) is 3.10. The first-order valence-electron chi connectivity index (χ1n) is 5.51. The van der Waals surface area contributed by atoms with Gasteiger partial charge in [-0.25, -0.2) is 0 Å². The fourth-order valence-electron chi connectivity index (χ4n) is 1.89. The highest BCUT2D eigenvalue weighted by Gasteiger charge is 2.01. The number of benzene rings is 2. The summed E-state index contributed by atoms with van der Waals surface area (Å²) in [6.45, 7) is 0. The maximum Gasteiger partial charge on any atom is 0.0716 e. The lowest BCUT2D eigenvalue weighted by Gasteiger charge is -2.09. The van der Waals surface area contributed by atoms with Gasteiger partial charge in [-0.3, -0.25) is 10.1 Å². The lowest BCUT2D eigenvalue weighted by Crippen LogP contribution is -2.06. The molecule has 0 aliphatic heterocycles. The number of para-hydroxylation sites is 1. The largest absolute Gasteiger partial charge is 0.399 e. The van der Waals surface area contributed by atoms with Crippen molar-refractivity contribution in [3.8, 4) is 0 Å². The summed E-state index contributed by atoms with van der Waals surface area (Å²) in [6.07, 6.45) is 2.00. The van der Waals surface area contributed by atoms with Crippen LogP contribution in [0.15, 0.2) is 60.8 Å². The van der Waals surface area contributed by atoms with E-state index in [2.05, 4.69) is 11.5 Å². The van der Waals surface area contributed by atoms with Crippen LogP contribution in [0.3, 0.4) is 0 Å². The second kappa shape index (κ2) is 3.87. The van der Waals surface area contributed by atoms with Crippen LogP contribution in [0.5, 0.6) is 0 Å². The van der Waals surface area contributed by atoms with Gasteiger partial charge in [0.05, 0.1) is 11.2 Å². The molecule has 0 aliphatic carbocycles. The highest BCUT2D eigenvalue weighted by Crippen LogP contribution is 2.19. The van der Waals surface area contributed by atoms with Crippen LogP contribution >= 0.6 is 0 Å². The Labute approximate surface area is 99.4 Å². The van der Waals surface area contributed by atoms with Crippen LogP contribution in [-0.4, -0.2) is 4.68 Å². The summed E-state index contributed by atoms with van der Waals surface area (Å²) in [4.78, 5) is 0. The molecule has 0 saturated carbocycles. The van der Waals surface area contributed by atoms with Gasteiger partial charge in [-0.05, 0) is 30.3 Å². The summed E-state index contributed by atoms with van der Waals surface area (Å²) in [5, 5.41) is 1.17. The Bertz CT molecular complexity index is 641. The number of nitrogen functional groups attached to an aromatic ring is 1. The molecule has 0 saturated heterocycles. The molecule has 2 aromatic carbocycles. The molecule has 3 heteroatoms. The molecule has 84 valence electrons. The minimum Gasteiger partial charge on any atom is -0.399 e. The van der Waals surface area contributed by atoms with E-state index in [1.165, 1.54) is 5.39 Å². The van der Waals surface area contributed by atoms with Crippen LogP contribution in [0.4, 0.5) is 11.4 Å². The molecular formula is C14H13N3. The molecule has 0 bridgehead atoms. The molecule has 3 aromatic rings. The first kappa shape index (κ1) is 9.78. The minimum atomic E-state index is 0.771. The van der Waals surface area contributed by atoms with Crippen molar-refractivity contribution in [2.24, 2.45) is 0 Å². The Morgan fingerprint density at radius 1 is 0.941 bits per heavy atom. The van der Waals surface area contributed by atoms with E-state index in [0.717, 1.165) is 16.9 Å². The zero-order chi connectivity index (χ0) is 11.7. The molecular weight excluding hydrogens is 210 g/mol. The van der Waals surface area contributed by atoms with Gasteiger partial charge >= 0.3 is 0 Å². The highest BCUT2D eigenvalue weighted by molar-refractivity contribution is 5.83. The minimum absolute atomic E-state index is 0.771. The van der Waals surface area contributed by atoms with Gasteiger partial charge in [-0.1, -0.05) is 24.3 Å². The Morgan fingerprint density at radius 3 is 2.59 bits per heavy atom. The van der Waals surface area contributed by atoms with Gasteiger partial charge in [-0.15, -0.1) is 0 Å². The Hall–Kier alpha value is -2.42. The Balaban J connectivity index is 2.03. The van der Waals surface area contributed by atoms with Crippen molar-refractivity contribution in [1.29, 1.82) is 0 Å². The van der Waals surface area contributed by atoms with Crippen molar-refractivity contribution < 1.29 is 0 Å². The number of fused-ring (bicyclic) bond motifs is 1. The van der Waals surface area contributed by atoms with Gasteiger partial charge in [0.2, 0.25) is 0 Å². The van der Waals surface area contributed by atoms with E-state index in [1.54, 1.807) is 0 Å². The molecule has 17 heavy (non-hydrogen) atoms. The van der Waals surface area contributed by atoms with Crippen molar-refractivity contribution in [1.82, 2.24) is 4.68 Å². The standard InChI is InChI=1S/C14H13N3/c15-12-7-6-11-8-9-17(14(11)10-12)16-13-4-2-1-3-5-13/h1-10,16H,15H2. The van der Waals surface area contributed by atoms with Gasteiger partial charge in [-0.2, -0.15) is 0 Å². The van der Waals surface area contributed by atoms with Crippen LogP contribution in [0.1, 0.15) is 0 Å². The van der Waals surface area contributed by atoms with Gasteiger partial charge in [0, 0.05) is 17.3 Å². The van der Waals surface area contributed by atoms with Crippen LogP contribution in [0.25, 0.3) is 10.9 Å². The average molecular weight is 223 g/mol. The third kappa shape index (κ3) is 1.83. The van der Waals surface area contributed by atoms with Crippen LogP contribution in [0.2, 0.25) is 0 Å². The lowest BCUT2D eigenvalue weighted by molar-refractivity contribution is 1.01. The summed E-state index contributed by atoms with van der Waals surface area (Å²) in [5.74, 6) is 0. The Kier molecular flexibility index (Phi) is 2.22. The fraction of sp³-hybridized carbons (Fsp3) is 0. The van der Waals surface area contributed by atoms with Crippen LogP contribution < -0.4 is 11.2 Å². The molecule has 1 heterocycles. The maximum atomic E-state index is 5.80. The first-order valence-corrected chi connectivity index (χ1v) is 5.51. The number of aromatic nitrogens is 1. The summed E-state index contributed by atoms with van der Waals surface area (Å²) >= 11 is 0. The lowest BCUT2D eigenvalue weighted by atomic mass is 10.2. The van der Waals surface area contributed by atoms with E-state index in [9.17, 15) is 0 Å². The number of rotatable bonds is 2. The molecule has 3 rings (SSSR count). The van der Waals surface area contributed by atoms with Gasteiger partial charge in [0.15, 0.2) is 0 Å². The SMILES string of the molecule is Nc1ccc2ccn(Nc3ccccc3)c2c1. The van der Waals surface area contributed by atoms with E-state index in [-0.39, 0.29) is 0 Å². The van der Waals surface area contributed by atoms with E-state index < -0.39 is 0 Å². The molecule has 3 N–H and O–H groups in total. The molecule has 3 nitrogen and oxygen atoms in total. The topological polar surface area (TPSA) is 43.0 Å². The molecule has 0 fully saturated rings. The summed E-state index contributed by atoms with van der Waals surface area (Å²) in [7, 11) is 0. The van der Waals surface area contributed by atoms with Gasteiger partial charge < -0.3 is 5.73 Å². The molecule has 0 amide bonds. The number of nitrogens with one attached hydrogen (secondary N) is 1. The predicted molar refractivity (Wildman–Crippen MR) is 71.8 cm³/mol. The maximum absolute atomic E-state index is 5.80. The van der Waals surface area contributed by atoms with Gasteiger partial charge in [0.1, 0.15) is 0 Å². The Morgan fingerprint density at radius 2 is 1.76 bits per heavy atom. The molecule has 0 spiro atoms. The normalized spacial score (nSPS) is 10.6. The molecule has 0 unspecified atom stereocenters. The van der Waals surface area contributed by atoms with Crippen LogP contribution in [0, 0.1) is 0 Å². The number of nitrogens with zero attached hydrogens (tertiary/aromatic N) is 1. The van der Waals surface area contributed by atoms with Crippen molar-refractivity contribution >= 4 is 22.3 Å². The molecule has 0 aliphatic rings. The zero-order valence-corrected chi connectivity index (χ0v) is 9.30. The molecule has 0 atom stereocenters. The number of hydrogen-bond acceptors (Lipinski definition) is 2. The fourth-order valence-corrected chi connectivity index (χ4v) is 1.89. The average Bonchev–Trinajstić information content (AvgIpc) is 2.73. The summed E-state index contributed by atoms with van der Waals surface area (Å²) in [6, 6.07) is 18.0. The smallest absolute Gasteiger partial charge is 0.0716 e. The first-order chi connectivity index (χ1) is 8.33. The van der Waals surface area contributed by atoms with Crippen molar-refractivity contribution in [2.45, 2.75) is 0 Å². The number of anilines is 2. The summed E-state index contributed by atoms with van der Waals surface area (Å²) in [5.41, 5.74) is 12.0. The highest BCUT2D eigenvalue weighted by atomic mass is 15.4. The van der Waals surface area contributed by atoms with Crippen LogP contribution in [-0.2, 0) is 0 Å². The quantitative estimate of drug-likeness (QED) is 0.655. The van der Waals surface area contributed by atoms with Crippen molar-refractivity contribution in [2.75, 3.05) is 11.2 Å². The zero-order valence-electron chi connectivity index (χ0n) is 9.30. The summed E-state index contributed by atoms with van der Waals surface area (Å²) < 4.78 is 1.97. The third-order valence-corrected chi connectivity index (χ3v) is 2.74. The van der Waals surface area contributed by atoms with Gasteiger partial charge in [0.25, 0.3) is 0 Å². The van der Waals surface area contributed by atoms with Crippen molar-refractivity contribution in [3.05, 3.63) is 60.8 Å². The van der Waals surface area contributed by atoms with E-state index in [4.69, 9.17) is 5.73 Å². The molecule has 1 aromatic heterocycles. The third-order valence-electron chi connectivity index (χ3n) is 2.74. The van der Waals surface area contributed by atoms with E-state index >= 15 is 0 Å². The molecule has 0 radical (unpaired) electrons. The second-order valence-corrected chi connectivity index (χ2v) is 3.98. The van der Waals surface area contributed by atoms with Crippen molar-refractivity contribution in [3.63, 3.8) is 0 Å². The van der Waals surface area contributed by atoms with E-state index in [0.29, 0.717) is 0 Å².